The molecule has 1 heterocycles. The number of hydrogen-bond acceptors (Lipinski definition) is 3. The molecule has 4 rings (SSSR count). The fourth-order valence-corrected chi connectivity index (χ4v) is 8.74. The van der Waals surface area contributed by atoms with Gasteiger partial charge in [-0.05, 0) is 83.0 Å². The molecular weight excluding hydrogens is 350 g/mol. The minimum Gasteiger partial charge on any atom is -0.390 e. The molecule has 3 fully saturated rings. The quantitative estimate of drug-likeness (QED) is 0.747. The summed E-state index contributed by atoms with van der Waals surface area (Å²) in [6.45, 7) is 13.3. The smallest absolute Gasteiger partial charge is 0.226 e. The fourth-order valence-electron chi connectivity index (χ4n) is 8.74. The normalized spacial score (nSPS) is 48.6. The van der Waals surface area contributed by atoms with Crippen molar-refractivity contribution in [2.75, 3.05) is 6.54 Å². The van der Waals surface area contributed by atoms with E-state index in [1.165, 1.54) is 0 Å². The summed E-state index contributed by atoms with van der Waals surface area (Å²) in [7, 11) is 0. The van der Waals surface area contributed by atoms with Crippen LogP contribution in [0.15, 0.2) is 11.8 Å². The highest BCUT2D eigenvalue weighted by molar-refractivity contribution is 5.80. The second-order valence-corrected chi connectivity index (χ2v) is 11.5. The van der Waals surface area contributed by atoms with Gasteiger partial charge in [-0.3, -0.25) is 4.79 Å². The third-order valence-electron chi connectivity index (χ3n) is 9.24. The molecule has 4 heteroatoms. The van der Waals surface area contributed by atoms with E-state index in [1.807, 2.05) is 25.7 Å². The number of carbonyl (C=O) groups excluding carboxylic acids is 1. The molecule has 158 valence electrons. The number of allylic oxidation sites excluding steroid dienone is 2. The lowest BCUT2D eigenvalue weighted by atomic mass is 9.44. The fraction of sp³-hybridized carbons (Fsp3) is 0.875. The summed E-state index contributed by atoms with van der Waals surface area (Å²) in [6.07, 6.45) is 7.59. The van der Waals surface area contributed by atoms with Crippen LogP contribution in [-0.4, -0.2) is 38.8 Å². The van der Waals surface area contributed by atoms with E-state index in [1.54, 1.807) is 0 Å². The highest BCUT2D eigenvalue weighted by Crippen LogP contribution is 2.69. The van der Waals surface area contributed by atoms with Crippen LogP contribution in [0.2, 0.25) is 0 Å². The van der Waals surface area contributed by atoms with Crippen LogP contribution in [0.25, 0.3) is 0 Å². The van der Waals surface area contributed by atoms with Crippen LogP contribution in [0.4, 0.5) is 0 Å². The lowest BCUT2D eigenvalue weighted by Crippen LogP contribution is -2.64. The van der Waals surface area contributed by atoms with E-state index in [-0.39, 0.29) is 28.6 Å². The van der Waals surface area contributed by atoms with E-state index < -0.39 is 11.2 Å². The predicted octanol–water partition coefficient (Wildman–Crippen LogP) is 4.11. The van der Waals surface area contributed by atoms with Crippen LogP contribution in [0.3, 0.4) is 0 Å². The first-order valence-corrected chi connectivity index (χ1v) is 11.3. The number of amides is 1. The van der Waals surface area contributed by atoms with Crippen molar-refractivity contribution in [3.05, 3.63) is 11.8 Å². The SMILES string of the molecule is CCN1C(=O)CC[C@@]2(C)C1=CCC1C3CCC(C(C)(C)O)[C@@]3(C)C[C@](C)(O)C12. The molecular formula is C24H39NO3. The van der Waals surface area contributed by atoms with Gasteiger partial charge in [0.15, 0.2) is 0 Å². The Kier molecular flexibility index (Phi) is 4.43. The zero-order valence-electron chi connectivity index (χ0n) is 18.6. The molecule has 28 heavy (non-hydrogen) atoms. The van der Waals surface area contributed by atoms with Crippen LogP contribution >= 0.6 is 0 Å². The lowest BCUT2D eigenvalue weighted by molar-refractivity contribution is -0.195. The molecule has 0 spiro atoms. The minimum absolute atomic E-state index is 0.0421. The van der Waals surface area contributed by atoms with Crippen molar-refractivity contribution in [3.63, 3.8) is 0 Å². The van der Waals surface area contributed by atoms with Crippen molar-refractivity contribution in [2.45, 2.75) is 91.3 Å². The Hall–Kier alpha value is -0.870. The monoisotopic (exact) mass is 389 g/mol. The van der Waals surface area contributed by atoms with E-state index in [2.05, 4.69) is 26.8 Å². The maximum absolute atomic E-state index is 12.5. The first kappa shape index (κ1) is 20.4. The van der Waals surface area contributed by atoms with Gasteiger partial charge in [0, 0.05) is 30.0 Å². The van der Waals surface area contributed by atoms with E-state index in [0.717, 1.165) is 37.8 Å². The maximum atomic E-state index is 12.5. The second kappa shape index (κ2) is 6.07. The Morgan fingerprint density at radius 3 is 2.54 bits per heavy atom. The van der Waals surface area contributed by atoms with Crippen LogP contribution in [-0.2, 0) is 4.79 Å². The van der Waals surface area contributed by atoms with E-state index in [9.17, 15) is 15.0 Å². The number of nitrogens with zero attached hydrogens (tertiary/aromatic N) is 1. The van der Waals surface area contributed by atoms with Gasteiger partial charge in [0.1, 0.15) is 0 Å². The van der Waals surface area contributed by atoms with E-state index in [0.29, 0.717) is 24.8 Å². The molecule has 2 saturated carbocycles. The van der Waals surface area contributed by atoms with Crippen molar-refractivity contribution >= 4 is 5.91 Å². The van der Waals surface area contributed by atoms with Gasteiger partial charge < -0.3 is 15.1 Å². The molecule has 0 bridgehead atoms. The molecule has 0 aromatic heterocycles. The van der Waals surface area contributed by atoms with Gasteiger partial charge in [-0.2, -0.15) is 0 Å². The number of rotatable bonds is 2. The van der Waals surface area contributed by atoms with Crippen LogP contribution < -0.4 is 0 Å². The zero-order valence-corrected chi connectivity index (χ0v) is 18.6. The summed E-state index contributed by atoms with van der Waals surface area (Å²) in [5.74, 6) is 1.56. The summed E-state index contributed by atoms with van der Waals surface area (Å²) >= 11 is 0. The number of likely N-dealkylation sites (tertiary alicyclic amines) is 1. The molecule has 2 N–H and O–H groups in total. The summed E-state index contributed by atoms with van der Waals surface area (Å²) in [6, 6.07) is 0. The summed E-state index contributed by atoms with van der Waals surface area (Å²) in [4.78, 5) is 14.5. The highest BCUT2D eigenvalue weighted by atomic mass is 16.3. The average molecular weight is 390 g/mol. The summed E-state index contributed by atoms with van der Waals surface area (Å²) < 4.78 is 0. The molecule has 0 radical (unpaired) electrons. The van der Waals surface area contributed by atoms with Crippen molar-refractivity contribution in [3.8, 4) is 0 Å². The van der Waals surface area contributed by atoms with E-state index in [4.69, 9.17) is 0 Å². The van der Waals surface area contributed by atoms with Gasteiger partial charge >= 0.3 is 0 Å². The molecule has 1 aliphatic heterocycles. The highest BCUT2D eigenvalue weighted by Gasteiger charge is 2.67. The van der Waals surface area contributed by atoms with Crippen LogP contribution in [0.1, 0.15) is 80.1 Å². The third-order valence-corrected chi connectivity index (χ3v) is 9.24. The predicted molar refractivity (Wildman–Crippen MR) is 110 cm³/mol. The van der Waals surface area contributed by atoms with Crippen molar-refractivity contribution in [1.82, 2.24) is 4.90 Å². The molecule has 4 nitrogen and oxygen atoms in total. The first-order valence-electron chi connectivity index (χ1n) is 11.3. The zero-order chi connectivity index (χ0) is 20.7. The average Bonchev–Trinajstić information content (AvgIpc) is 2.90. The van der Waals surface area contributed by atoms with Crippen molar-refractivity contribution in [1.29, 1.82) is 0 Å². The van der Waals surface area contributed by atoms with Gasteiger partial charge in [0.05, 0.1) is 11.2 Å². The summed E-state index contributed by atoms with van der Waals surface area (Å²) in [5.41, 5.74) is -0.544. The van der Waals surface area contributed by atoms with Gasteiger partial charge in [0.2, 0.25) is 5.91 Å². The molecule has 0 aromatic carbocycles. The number of hydrogen-bond donors (Lipinski definition) is 2. The Morgan fingerprint density at radius 1 is 1.25 bits per heavy atom. The van der Waals surface area contributed by atoms with E-state index >= 15 is 0 Å². The van der Waals surface area contributed by atoms with Crippen molar-refractivity contribution < 1.29 is 15.0 Å². The summed E-state index contributed by atoms with van der Waals surface area (Å²) in [5, 5.41) is 22.8. The Bertz CT molecular complexity index is 705. The third kappa shape index (κ3) is 2.59. The number of fused-ring (bicyclic) bond motifs is 5. The molecule has 3 aliphatic carbocycles. The van der Waals surface area contributed by atoms with Gasteiger partial charge in [0.25, 0.3) is 0 Å². The first-order chi connectivity index (χ1) is 12.9. The van der Waals surface area contributed by atoms with Gasteiger partial charge in [-0.15, -0.1) is 0 Å². The molecule has 0 aromatic rings. The molecule has 1 saturated heterocycles. The van der Waals surface area contributed by atoms with Gasteiger partial charge in [-0.1, -0.05) is 19.9 Å². The Morgan fingerprint density at radius 2 is 1.93 bits per heavy atom. The molecule has 4 aliphatic rings. The molecule has 7 atom stereocenters. The lowest BCUT2D eigenvalue weighted by Gasteiger charge is -2.64. The topological polar surface area (TPSA) is 60.8 Å². The second-order valence-electron chi connectivity index (χ2n) is 11.5. The number of aliphatic hydroxyl groups is 2. The van der Waals surface area contributed by atoms with Gasteiger partial charge in [-0.25, -0.2) is 0 Å². The number of piperidine rings is 1. The molecule has 4 unspecified atom stereocenters. The Labute approximate surface area is 170 Å². The largest absolute Gasteiger partial charge is 0.390 e. The maximum Gasteiger partial charge on any atom is 0.226 e. The van der Waals surface area contributed by atoms with Crippen molar-refractivity contribution in [2.24, 2.45) is 34.5 Å². The van der Waals surface area contributed by atoms with Crippen LogP contribution in [0.5, 0.6) is 0 Å². The number of carbonyl (C=O) groups is 1. The minimum atomic E-state index is -0.794. The van der Waals surface area contributed by atoms with Crippen LogP contribution in [0, 0.1) is 34.5 Å². The molecule has 1 amide bonds. The standard InChI is InChI=1S/C24H39NO3/c1-7-25-18-11-8-15-16-9-10-17(21(2,3)27)23(16,5)14-24(6,28)20(15)22(18,4)13-12-19(25)26/h11,15-17,20,27-28H,7-10,12-14H2,1-6H3/t15?,16?,17?,20?,22-,23-,24-/m0/s1. The Balaban J connectivity index is 1.79.